The van der Waals surface area contributed by atoms with E-state index in [9.17, 15) is 0 Å². The van der Waals surface area contributed by atoms with Crippen LogP contribution in [0.5, 0.6) is 0 Å². The molecule has 4 heteroatoms. The van der Waals surface area contributed by atoms with Crippen molar-refractivity contribution < 1.29 is 0 Å². The van der Waals surface area contributed by atoms with Gasteiger partial charge in [-0.15, -0.1) is 0 Å². The van der Waals surface area contributed by atoms with Crippen molar-refractivity contribution in [3.63, 3.8) is 0 Å². The maximum absolute atomic E-state index is 3.98. The Morgan fingerprint density at radius 1 is 0.155 bits per heavy atom. The van der Waals surface area contributed by atoms with Gasteiger partial charge in [-0.05, 0) is 0 Å². The van der Waals surface area contributed by atoms with Gasteiger partial charge in [-0.2, -0.15) is 0 Å². The molecule has 0 aromatic heterocycles. The fourth-order valence-corrected chi connectivity index (χ4v) is 394. The van der Waals surface area contributed by atoms with E-state index in [2.05, 4.69) is 273 Å². The Morgan fingerprint density at radius 3 is 0.362 bits per heavy atom. The Bertz CT molecular complexity index is 2040. The van der Waals surface area contributed by atoms with Crippen LogP contribution >= 0.6 is 0 Å². The average Bonchev–Trinajstić information content (AvgIpc) is 3.33. The van der Waals surface area contributed by atoms with Crippen molar-refractivity contribution in [2.24, 2.45) is 0 Å². The SMILES string of the molecule is c1cc[c]([Ge]([c]2ccccc2)([c]2ccccc2)[GeH]([Ge]([c]2ccccc2)([c]2ccccc2)[c]2ccccc2)[Ge]([c]2ccccc2)([c]2ccccc2)[c]2ccccc2)cc1. The summed E-state index contributed by atoms with van der Waals surface area (Å²) in [7, 11) is -3.41. The second-order valence-electron chi connectivity index (χ2n) is 15.2. The van der Waals surface area contributed by atoms with Crippen LogP contribution in [-0.2, 0) is 0 Å². The summed E-state index contributed by atoms with van der Waals surface area (Å²) in [5.41, 5.74) is 0. The van der Waals surface area contributed by atoms with Crippen LogP contribution in [0.2, 0.25) is 0 Å². The molecule has 0 aliphatic rings. The Labute approximate surface area is 351 Å². The fraction of sp³-hybridized carbons (Fsp3) is 0. The van der Waals surface area contributed by atoms with Gasteiger partial charge in [0.15, 0.2) is 0 Å². The third kappa shape index (κ3) is 6.64. The Kier molecular flexibility index (Phi) is 11.7. The normalized spacial score (nSPS) is 11.9. The molecule has 0 atom stereocenters. The molecule has 0 fully saturated rings. The molecule has 0 bridgehead atoms. The quantitative estimate of drug-likeness (QED) is 0.133. The first-order chi connectivity index (χ1) is 28.8. The molecule has 0 saturated heterocycles. The molecule has 0 amide bonds. The topological polar surface area (TPSA) is 0 Å². The van der Waals surface area contributed by atoms with Crippen molar-refractivity contribution >= 4 is 81.9 Å². The molecule has 58 heavy (non-hydrogen) atoms. The summed E-state index contributed by atoms with van der Waals surface area (Å²) in [4.78, 5) is 0. The molecule has 0 saturated carbocycles. The van der Waals surface area contributed by atoms with E-state index in [1.807, 2.05) is 0 Å². The summed E-state index contributed by atoms with van der Waals surface area (Å²) in [6, 6.07) is 108. The van der Waals surface area contributed by atoms with Crippen LogP contribution in [0.1, 0.15) is 0 Å². The van der Waals surface area contributed by atoms with E-state index in [1.54, 1.807) is 39.6 Å². The molecule has 0 heterocycles. The Morgan fingerprint density at radius 2 is 0.259 bits per heavy atom. The van der Waals surface area contributed by atoms with Gasteiger partial charge < -0.3 is 0 Å². The fourth-order valence-electron chi connectivity index (χ4n) is 10.3. The zero-order valence-electron chi connectivity index (χ0n) is 32.6. The second-order valence-corrected chi connectivity index (χ2v) is 125. The molecule has 9 aromatic rings. The summed E-state index contributed by atoms with van der Waals surface area (Å²) >= 11 is -11.9. The Hall–Kier alpha value is -4.85. The molecule has 0 aliphatic carbocycles. The van der Waals surface area contributed by atoms with Gasteiger partial charge in [-0.25, -0.2) is 0 Å². The molecular formula is C54H46Ge4. The van der Waals surface area contributed by atoms with Gasteiger partial charge in [0.25, 0.3) is 0 Å². The molecule has 278 valence electrons. The third-order valence-corrected chi connectivity index (χ3v) is 250. The van der Waals surface area contributed by atoms with Gasteiger partial charge in [0.1, 0.15) is 0 Å². The summed E-state index contributed by atoms with van der Waals surface area (Å²) in [5, 5.41) is 0. The zero-order valence-corrected chi connectivity index (χ0v) is 41.3. The first-order valence-electron chi connectivity index (χ1n) is 20.3. The standard InChI is InChI=1S/C54H46Ge4/c1-10-28-46(29-11-1)56(47-30-12-2-13-31-47,48-32-14-3-15-33-48)55(57(49-34-16-4-17-35-49,50-36-18-5-19-37-50)51-38-20-6-21-39-51)58(52-40-22-7-23-41-52,53-42-24-8-25-43-53)54-44-26-9-27-45-54/h1-45,55H. The first-order valence-corrected chi connectivity index (χ1v) is 52.3. The van der Waals surface area contributed by atoms with Crippen molar-refractivity contribution in [2.75, 3.05) is 0 Å². The van der Waals surface area contributed by atoms with Crippen molar-refractivity contribution in [3.8, 4) is 0 Å². The van der Waals surface area contributed by atoms with E-state index >= 15 is 0 Å². The first kappa shape index (κ1) is 38.7. The minimum atomic E-state index is -3.98. The van der Waals surface area contributed by atoms with E-state index in [0.29, 0.717) is 0 Å². The van der Waals surface area contributed by atoms with Gasteiger partial charge in [0.2, 0.25) is 0 Å². The van der Waals surface area contributed by atoms with E-state index in [1.165, 1.54) is 0 Å². The molecule has 0 spiro atoms. The van der Waals surface area contributed by atoms with E-state index in [0.717, 1.165) is 0 Å². The Balaban J connectivity index is 1.68. The van der Waals surface area contributed by atoms with Crippen molar-refractivity contribution in [1.82, 2.24) is 0 Å². The monoisotopic (exact) mass is 990 g/mol. The summed E-state index contributed by atoms with van der Waals surface area (Å²) in [6.45, 7) is 0. The number of hydrogen-bond donors (Lipinski definition) is 0. The van der Waals surface area contributed by atoms with E-state index < -0.39 is 42.3 Å². The van der Waals surface area contributed by atoms with Gasteiger partial charge in [-0.1, -0.05) is 0 Å². The van der Waals surface area contributed by atoms with Crippen LogP contribution in [0.25, 0.3) is 0 Å². The number of rotatable bonds is 12. The molecule has 0 radical (unpaired) electrons. The predicted molar refractivity (Wildman–Crippen MR) is 259 cm³/mol. The van der Waals surface area contributed by atoms with Gasteiger partial charge in [0, 0.05) is 0 Å². The molecule has 0 N–H and O–H groups in total. The molecule has 9 aromatic carbocycles. The molecule has 0 unspecified atom stereocenters. The van der Waals surface area contributed by atoms with Gasteiger partial charge in [-0.3, -0.25) is 0 Å². The third-order valence-electron chi connectivity index (χ3n) is 12.4. The zero-order chi connectivity index (χ0) is 39.1. The predicted octanol–water partition coefficient (Wildman–Crippen LogP) is 5.96. The molecule has 0 nitrogen and oxygen atoms in total. The van der Waals surface area contributed by atoms with E-state index in [4.69, 9.17) is 0 Å². The van der Waals surface area contributed by atoms with Crippen molar-refractivity contribution in [3.05, 3.63) is 273 Å². The average molecular weight is 985 g/mol. The minimum absolute atomic E-state index is 1.58. The van der Waals surface area contributed by atoms with Crippen LogP contribution in [0.4, 0.5) is 0 Å². The van der Waals surface area contributed by atoms with Crippen molar-refractivity contribution in [1.29, 1.82) is 0 Å². The van der Waals surface area contributed by atoms with Crippen LogP contribution in [0.15, 0.2) is 273 Å². The molecule has 9 rings (SSSR count). The van der Waals surface area contributed by atoms with Gasteiger partial charge in [0.05, 0.1) is 0 Å². The number of benzene rings is 9. The second kappa shape index (κ2) is 17.6. The van der Waals surface area contributed by atoms with Crippen LogP contribution in [0.3, 0.4) is 0 Å². The summed E-state index contributed by atoms with van der Waals surface area (Å²) in [5.74, 6) is 0. The maximum atomic E-state index is 2.56. The number of hydrogen-bond acceptors (Lipinski definition) is 0. The molecule has 0 aliphatic heterocycles. The van der Waals surface area contributed by atoms with Gasteiger partial charge >= 0.3 is 355 Å². The van der Waals surface area contributed by atoms with Crippen molar-refractivity contribution in [2.45, 2.75) is 0 Å². The van der Waals surface area contributed by atoms with Crippen LogP contribution in [-0.4, -0.2) is 42.3 Å². The summed E-state index contributed by atoms with van der Waals surface area (Å²) in [6.07, 6.45) is 0. The molecular weight excluding hydrogens is 939 g/mol. The van der Waals surface area contributed by atoms with Crippen LogP contribution in [0, 0.1) is 0 Å². The van der Waals surface area contributed by atoms with Crippen LogP contribution < -0.4 is 39.6 Å². The summed E-state index contributed by atoms with van der Waals surface area (Å²) < 4.78 is 14.3. The van der Waals surface area contributed by atoms with E-state index in [-0.39, 0.29) is 0 Å².